The number of benzene rings is 1. The zero-order valence-electron chi connectivity index (χ0n) is 10.1. The van der Waals surface area contributed by atoms with Crippen molar-refractivity contribution < 1.29 is 8.81 Å². The third-order valence-corrected chi connectivity index (χ3v) is 2.97. The summed E-state index contributed by atoms with van der Waals surface area (Å²) in [6.07, 6.45) is 0. The van der Waals surface area contributed by atoms with Crippen molar-refractivity contribution in [2.45, 2.75) is 26.4 Å². The molecule has 2 rings (SSSR count). The molecule has 0 saturated heterocycles. The molecule has 0 amide bonds. The van der Waals surface area contributed by atoms with Gasteiger partial charge in [-0.2, -0.15) is 0 Å². The molecular weight excluding hydrogens is 301 g/mol. The summed E-state index contributed by atoms with van der Waals surface area (Å²) >= 11 is 3.27. The molecule has 0 radical (unpaired) electrons. The molecule has 1 N–H and O–H groups in total. The zero-order valence-corrected chi connectivity index (χ0v) is 11.7. The van der Waals surface area contributed by atoms with Gasteiger partial charge < -0.3 is 9.73 Å². The molecule has 0 fully saturated rings. The monoisotopic (exact) mass is 313 g/mol. The molecule has 0 aliphatic carbocycles. The zero-order chi connectivity index (χ0) is 13.1. The topological polar surface area (TPSA) is 51.0 Å². The average molecular weight is 314 g/mol. The van der Waals surface area contributed by atoms with Crippen LogP contribution in [0.15, 0.2) is 27.1 Å². The molecule has 2 aromatic rings. The van der Waals surface area contributed by atoms with E-state index in [1.165, 1.54) is 6.07 Å². The maximum Gasteiger partial charge on any atom is 0.251 e. The van der Waals surface area contributed by atoms with E-state index in [0.717, 1.165) is 0 Å². The second kappa shape index (κ2) is 5.58. The summed E-state index contributed by atoms with van der Waals surface area (Å²) in [5.41, 5.74) is 0.292. The minimum atomic E-state index is -0.392. The third kappa shape index (κ3) is 2.94. The van der Waals surface area contributed by atoms with Crippen LogP contribution < -0.4 is 5.32 Å². The molecule has 0 atom stereocenters. The van der Waals surface area contributed by atoms with E-state index in [-0.39, 0.29) is 5.89 Å². The van der Waals surface area contributed by atoms with Crippen molar-refractivity contribution in [1.82, 2.24) is 15.5 Å². The molecule has 1 heterocycles. The number of rotatable bonds is 4. The average Bonchev–Trinajstić information content (AvgIpc) is 2.75. The highest BCUT2D eigenvalue weighted by Crippen LogP contribution is 2.29. The Hall–Kier alpha value is -1.27. The van der Waals surface area contributed by atoms with Crippen molar-refractivity contribution in [3.63, 3.8) is 0 Å². The van der Waals surface area contributed by atoms with Crippen molar-refractivity contribution in [1.29, 1.82) is 0 Å². The van der Waals surface area contributed by atoms with E-state index in [4.69, 9.17) is 4.42 Å². The van der Waals surface area contributed by atoms with Crippen molar-refractivity contribution >= 4 is 15.9 Å². The standard InChI is InChI=1S/C12H13BrFN3O/c1-7(2)15-6-10-16-17-12(18-10)11-8(13)4-3-5-9(11)14/h3-5,7,15H,6H2,1-2H3. The van der Waals surface area contributed by atoms with Gasteiger partial charge in [0.25, 0.3) is 5.89 Å². The predicted octanol–water partition coefficient (Wildman–Crippen LogP) is 3.14. The summed E-state index contributed by atoms with van der Waals surface area (Å²) in [6.45, 7) is 4.51. The van der Waals surface area contributed by atoms with Gasteiger partial charge in [0.15, 0.2) is 0 Å². The minimum Gasteiger partial charge on any atom is -0.419 e. The Balaban J connectivity index is 2.24. The molecule has 0 aliphatic rings. The van der Waals surface area contributed by atoms with Gasteiger partial charge in [-0.3, -0.25) is 0 Å². The van der Waals surface area contributed by atoms with Crippen LogP contribution in [0.4, 0.5) is 4.39 Å². The van der Waals surface area contributed by atoms with Gasteiger partial charge in [-0.1, -0.05) is 19.9 Å². The van der Waals surface area contributed by atoms with Gasteiger partial charge in [-0.15, -0.1) is 10.2 Å². The van der Waals surface area contributed by atoms with Gasteiger partial charge >= 0.3 is 0 Å². The first-order valence-corrected chi connectivity index (χ1v) is 6.37. The van der Waals surface area contributed by atoms with Crippen LogP contribution in [0, 0.1) is 5.82 Å². The van der Waals surface area contributed by atoms with E-state index in [1.54, 1.807) is 12.1 Å². The van der Waals surface area contributed by atoms with Gasteiger partial charge in [0.2, 0.25) is 5.89 Å². The molecule has 0 aliphatic heterocycles. The van der Waals surface area contributed by atoms with Crippen LogP contribution in [-0.4, -0.2) is 16.2 Å². The van der Waals surface area contributed by atoms with Gasteiger partial charge in [0.05, 0.1) is 12.1 Å². The first-order valence-electron chi connectivity index (χ1n) is 5.58. The molecule has 1 aromatic heterocycles. The van der Waals surface area contributed by atoms with Gasteiger partial charge in [-0.25, -0.2) is 4.39 Å². The Morgan fingerprint density at radius 1 is 1.39 bits per heavy atom. The van der Waals surface area contributed by atoms with Crippen LogP contribution in [0.3, 0.4) is 0 Å². The van der Waals surface area contributed by atoms with E-state index in [9.17, 15) is 4.39 Å². The lowest BCUT2D eigenvalue weighted by Crippen LogP contribution is -2.21. The largest absolute Gasteiger partial charge is 0.419 e. The van der Waals surface area contributed by atoms with Crippen molar-refractivity contribution in [2.24, 2.45) is 0 Å². The summed E-state index contributed by atoms with van der Waals surface area (Å²) in [5.74, 6) is 0.228. The van der Waals surface area contributed by atoms with E-state index in [0.29, 0.717) is 28.5 Å². The smallest absolute Gasteiger partial charge is 0.251 e. The fourth-order valence-electron chi connectivity index (χ4n) is 1.42. The van der Waals surface area contributed by atoms with E-state index >= 15 is 0 Å². The van der Waals surface area contributed by atoms with Gasteiger partial charge in [0, 0.05) is 10.5 Å². The Kier molecular flexibility index (Phi) is 4.08. The van der Waals surface area contributed by atoms with E-state index in [2.05, 4.69) is 31.4 Å². The highest BCUT2D eigenvalue weighted by Gasteiger charge is 2.16. The highest BCUT2D eigenvalue weighted by molar-refractivity contribution is 9.10. The molecule has 1 aromatic carbocycles. The van der Waals surface area contributed by atoms with Crippen LogP contribution in [-0.2, 0) is 6.54 Å². The second-order valence-electron chi connectivity index (χ2n) is 4.13. The number of halogens is 2. The van der Waals surface area contributed by atoms with E-state index in [1.807, 2.05) is 13.8 Å². The number of hydrogen-bond donors (Lipinski definition) is 1. The van der Waals surface area contributed by atoms with Crippen molar-refractivity contribution in [3.05, 3.63) is 34.4 Å². The fraction of sp³-hybridized carbons (Fsp3) is 0.333. The van der Waals surface area contributed by atoms with Crippen LogP contribution >= 0.6 is 15.9 Å². The van der Waals surface area contributed by atoms with Crippen molar-refractivity contribution in [2.75, 3.05) is 0 Å². The van der Waals surface area contributed by atoms with Gasteiger partial charge in [-0.05, 0) is 28.1 Å². The summed E-state index contributed by atoms with van der Waals surface area (Å²) in [7, 11) is 0. The third-order valence-electron chi connectivity index (χ3n) is 2.31. The first kappa shape index (κ1) is 13.2. The first-order chi connectivity index (χ1) is 8.58. The Morgan fingerprint density at radius 3 is 2.83 bits per heavy atom. The number of nitrogens with one attached hydrogen (secondary N) is 1. The fourth-order valence-corrected chi connectivity index (χ4v) is 1.93. The molecular formula is C12H13BrFN3O. The highest BCUT2D eigenvalue weighted by atomic mass is 79.9. The molecule has 96 valence electrons. The maximum atomic E-state index is 13.7. The van der Waals surface area contributed by atoms with E-state index < -0.39 is 5.82 Å². The Labute approximate surface area is 113 Å². The normalized spacial score (nSPS) is 11.2. The molecule has 0 saturated carbocycles. The predicted molar refractivity (Wildman–Crippen MR) is 69.4 cm³/mol. The minimum absolute atomic E-state index is 0.181. The van der Waals surface area contributed by atoms with Crippen LogP contribution in [0.25, 0.3) is 11.5 Å². The molecule has 6 heteroatoms. The molecule has 18 heavy (non-hydrogen) atoms. The van der Waals surface area contributed by atoms with Gasteiger partial charge in [0.1, 0.15) is 5.82 Å². The maximum absolute atomic E-state index is 13.7. The number of nitrogens with zero attached hydrogens (tertiary/aromatic N) is 2. The lowest BCUT2D eigenvalue weighted by Gasteiger charge is -2.03. The van der Waals surface area contributed by atoms with Crippen molar-refractivity contribution in [3.8, 4) is 11.5 Å². The summed E-state index contributed by atoms with van der Waals surface area (Å²) in [5, 5.41) is 10.9. The lowest BCUT2D eigenvalue weighted by atomic mass is 10.2. The number of aromatic nitrogens is 2. The van der Waals surface area contributed by atoms with Crippen LogP contribution in [0.1, 0.15) is 19.7 Å². The molecule has 0 unspecified atom stereocenters. The number of hydrogen-bond acceptors (Lipinski definition) is 4. The second-order valence-corrected chi connectivity index (χ2v) is 4.99. The SMILES string of the molecule is CC(C)NCc1nnc(-c2c(F)cccc2Br)o1. The Bertz CT molecular complexity index is 522. The van der Waals surface area contributed by atoms with Crippen LogP contribution in [0.2, 0.25) is 0 Å². The molecule has 0 spiro atoms. The Morgan fingerprint density at radius 2 is 2.17 bits per heavy atom. The lowest BCUT2D eigenvalue weighted by molar-refractivity contribution is 0.457. The molecule has 4 nitrogen and oxygen atoms in total. The molecule has 0 bridgehead atoms. The summed E-state index contributed by atoms with van der Waals surface area (Å²) in [6, 6.07) is 5.02. The summed E-state index contributed by atoms with van der Waals surface area (Å²) in [4.78, 5) is 0. The quantitative estimate of drug-likeness (QED) is 0.942. The van der Waals surface area contributed by atoms with Crippen LogP contribution in [0.5, 0.6) is 0 Å². The summed E-state index contributed by atoms with van der Waals surface area (Å²) < 4.78 is 19.7.